The Morgan fingerprint density at radius 3 is 2.53 bits per heavy atom. The summed E-state index contributed by atoms with van der Waals surface area (Å²) in [5.74, 6) is 0.673. The third-order valence-electron chi connectivity index (χ3n) is 6.77. The first kappa shape index (κ1) is 19.2. The molecule has 1 aliphatic heterocycles. The van der Waals surface area contributed by atoms with E-state index in [1.165, 1.54) is 70.2 Å². The number of aryl methyl sites for hydroxylation is 2. The quantitative estimate of drug-likeness (QED) is 0.413. The number of piperidine rings is 1. The highest BCUT2D eigenvalue weighted by Crippen LogP contribution is 2.34. The second kappa shape index (κ2) is 8.16. The van der Waals surface area contributed by atoms with E-state index in [1.54, 1.807) is 0 Å². The molecule has 3 heterocycles. The van der Waals surface area contributed by atoms with E-state index in [9.17, 15) is 0 Å². The van der Waals surface area contributed by atoms with Crippen molar-refractivity contribution in [3.05, 3.63) is 83.3 Å². The van der Waals surface area contributed by atoms with Gasteiger partial charge in [0, 0.05) is 36.0 Å². The van der Waals surface area contributed by atoms with Crippen molar-refractivity contribution in [3.8, 4) is 11.1 Å². The monoisotopic (exact) mass is 397 g/mol. The molecule has 2 aromatic heterocycles. The molecule has 30 heavy (non-hydrogen) atoms. The number of fused-ring (bicyclic) bond motifs is 1. The Morgan fingerprint density at radius 1 is 0.933 bits per heavy atom. The van der Waals surface area contributed by atoms with Crippen LogP contribution >= 0.6 is 0 Å². The van der Waals surface area contributed by atoms with Crippen molar-refractivity contribution >= 4 is 10.9 Å². The van der Waals surface area contributed by atoms with E-state index in [4.69, 9.17) is 0 Å². The van der Waals surface area contributed by atoms with Crippen LogP contribution in [0.15, 0.2) is 61.1 Å². The standard InChI is InChI=1S/C27H31N3/c1-19-3-5-21(24(15-19)23-7-11-28-17-23)8-12-30-13-9-22(10-14-30)26-18-29-27-6-4-20(2)16-25(26)27/h3-7,11,15-18,22,28-29H,8-10,12-14H2,1-2H3. The molecular weight excluding hydrogens is 366 g/mol. The molecule has 1 saturated heterocycles. The molecule has 0 aliphatic carbocycles. The minimum Gasteiger partial charge on any atom is -0.367 e. The number of aromatic amines is 2. The van der Waals surface area contributed by atoms with Crippen molar-refractivity contribution in [1.29, 1.82) is 0 Å². The van der Waals surface area contributed by atoms with E-state index in [-0.39, 0.29) is 0 Å². The predicted molar refractivity (Wildman–Crippen MR) is 126 cm³/mol. The molecule has 0 saturated carbocycles. The molecule has 3 heteroatoms. The average molecular weight is 398 g/mol. The van der Waals surface area contributed by atoms with Crippen molar-refractivity contribution < 1.29 is 0 Å². The Balaban J connectivity index is 1.24. The summed E-state index contributed by atoms with van der Waals surface area (Å²) in [6.07, 6.45) is 9.97. The maximum atomic E-state index is 3.48. The van der Waals surface area contributed by atoms with Gasteiger partial charge in [-0.3, -0.25) is 0 Å². The zero-order chi connectivity index (χ0) is 20.5. The van der Waals surface area contributed by atoms with Gasteiger partial charge >= 0.3 is 0 Å². The highest BCUT2D eigenvalue weighted by atomic mass is 15.1. The summed E-state index contributed by atoms with van der Waals surface area (Å²) in [6.45, 7) is 7.88. The third kappa shape index (κ3) is 3.82. The lowest BCUT2D eigenvalue weighted by molar-refractivity contribution is 0.215. The average Bonchev–Trinajstić information content (AvgIpc) is 3.43. The topological polar surface area (TPSA) is 34.8 Å². The van der Waals surface area contributed by atoms with E-state index >= 15 is 0 Å². The summed E-state index contributed by atoms with van der Waals surface area (Å²) in [7, 11) is 0. The van der Waals surface area contributed by atoms with Crippen LogP contribution in [0.4, 0.5) is 0 Å². The Kier molecular flexibility index (Phi) is 5.22. The molecule has 154 valence electrons. The second-order valence-corrected chi connectivity index (χ2v) is 8.92. The van der Waals surface area contributed by atoms with Gasteiger partial charge in [-0.05, 0) is 92.6 Å². The molecule has 0 unspecified atom stereocenters. The number of hydrogen-bond donors (Lipinski definition) is 2. The van der Waals surface area contributed by atoms with Crippen molar-refractivity contribution in [1.82, 2.24) is 14.9 Å². The first-order chi connectivity index (χ1) is 14.7. The molecule has 5 rings (SSSR count). The predicted octanol–water partition coefficient (Wildman–Crippen LogP) is 6.20. The molecule has 0 atom stereocenters. The lowest BCUT2D eigenvalue weighted by atomic mass is 9.88. The van der Waals surface area contributed by atoms with E-state index in [1.807, 2.05) is 6.20 Å². The van der Waals surface area contributed by atoms with Crippen molar-refractivity contribution in [2.75, 3.05) is 19.6 Å². The number of H-pyrrole nitrogens is 2. The van der Waals surface area contributed by atoms with Crippen molar-refractivity contribution in [2.24, 2.45) is 0 Å². The fourth-order valence-corrected chi connectivity index (χ4v) is 5.01. The number of nitrogens with zero attached hydrogens (tertiary/aromatic N) is 1. The van der Waals surface area contributed by atoms with Gasteiger partial charge in [0.15, 0.2) is 0 Å². The maximum Gasteiger partial charge on any atom is 0.0457 e. The number of likely N-dealkylation sites (tertiary alicyclic amines) is 1. The summed E-state index contributed by atoms with van der Waals surface area (Å²) in [6, 6.07) is 15.8. The van der Waals surface area contributed by atoms with Crippen molar-refractivity contribution in [2.45, 2.75) is 39.0 Å². The molecule has 2 aromatic carbocycles. The van der Waals surface area contributed by atoms with E-state index in [0.29, 0.717) is 5.92 Å². The van der Waals surface area contributed by atoms with Gasteiger partial charge in [0.1, 0.15) is 0 Å². The van der Waals surface area contributed by atoms with Crippen LogP contribution in [0, 0.1) is 13.8 Å². The molecular formula is C27H31N3. The number of benzene rings is 2. The fourth-order valence-electron chi connectivity index (χ4n) is 5.01. The van der Waals surface area contributed by atoms with Gasteiger partial charge < -0.3 is 14.9 Å². The summed E-state index contributed by atoms with van der Waals surface area (Å²) in [5, 5.41) is 1.42. The smallest absolute Gasteiger partial charge is 0.0457 e. The zero-order valence-electron chi connectivity index (χ0n) is 18.0. The maximum absolute atomic E-state index is 3.48. The van der Waals surface area contributed by atoms with Gasteiger partial charge in [-0.25, -0.2) is 0 Å². The van der Waals surface area contributed by atoms with Crippen LogP contribution in [0.1, 0.15) is 41.0 Å². The number of rotatable bonds is 5. The molecule has 0 bridgehead atoms. The molecule has 4 aromatic rings. The SMILES string of the molecule is Cc1ccc(CCN2CCC(c3c[nH]c4ccc(C)cc34)CC2)c(-c2cc[nH]c2)c1. The van der Waals surface area contributed by atoms with Gasteiger partial charge in [0.05, 0.1) is 0 Å². The molecule has 1 fully saturated rings. The van der Waals surface area contributed by atoms with Crippen LogP contribution in [0.2, 0.25) is 0 Å². The summed E-state index contributed by atoms with van der Waals surface area (Å²) >= 11 is 0. The van der Waals surface area contributed by atoms with Crippen LogP contribution < -0.4 is 0 Å². The largest absolute Gasteiger partial charge is 0.367 e. The van der Waals surface area contributed by atoms with E-state index < -0.39 is 0 Å². The first-order valence-electron chi connectivity index (χ1n) is 11.2. The number of nitrogens with one attached hydrogen (secondary N) is 2. The van der Waals surface area contributed by atoms with Crippen LogP contribution in [0.5, 0.6) is 0 Å². The molecule has 3 nitrogen and oxygen atoms in total. The Hall–Kier alpha value is -2.78. The minimum absolute atomic E-state index is 0.673. The molecule has 2 N–H and O–H groups in total. The van der Waals surface area contributed by atoms with E-state index in [2.05, 4.69) is 83.6 Å². The van der Waals surface area contributed by atoms with Crippen LogP contribution in [-0.2, 0) is 6.42 Å². The Labute approximate surface area is 179 Å². The summed E-state index contributed by atoms with van der Waals surface area (Å²) < 4.78 is 0. The fraction of sp³-hybridized carbons (Fsp3) is 0.333. The van der Waals surface area contributed by atoms with Crippen LogP contribution in [0.3, 0.4) is 0 Å². The molecule has 0 radical (unpaired) electrons. The highest BCUT2D eigenvalue weighted by Gasteiger charge is 2.23. The third-order valence-corrected chi connectivity index (χ3v) is 6.77. The van der Waals surface area contributed by atoms with Crippen LogP contribution in [-0.4, -0.2) is 34.5 Å². The van der Waals surface area contributed by atoms with Gasteiger partial charge in [-0.2, -0.15) is 0 Å². The van der Waals surface area contributed by atoms with E-state index in [0.717, 1.165) is 13.0 Å². The normalized spacial score (nSPS) is 15.8. The highest BCUT2D eigenvalue weighted by molar-refractivity contribution is 5.84. The first-order valence-corrected chi connectivity index (χ1v) is 11.2. The van der Waals surface area contributed by atoms with Gasteiger partial charge in [0.2, 0.25) is 0 Å². The van der Waals surface area contributed by atoms with Gasteiger partial charge in [0.25, 0.3) is 0 Å². The molecule has 0 spiro atoms. The molecule has 0 amide bonds. The molecule has 1 aliphatic rings. The zero-order valence-corrected chi connectivity index (χ0v) is 18.0. The number of hydrogen-bond acceptors (Lipinski definition) is 1. The lowest BCUT2D eigenvalue weighted by Crippen LogP contribution is -2.34. The Morgan fingerprint density at radius 2 is 1.73 bits per heavy atom. The Bertz CT molecular complexity index is 1130. The van der Waals surface area contributed by atoms with Gasteiger partial charge in [-0.1, -0.05) is 35.4 Å². The second-order valence-electron chi connectivity index (χ2n) is 8.92. The number of aromatic nitrogens is 2. The summed E-state index contributed by atoms with van der Waals surface area (Å²) in [4.78, 5) is 9.33. The summed E-state index contributed by atoms with van der Waals surface area (Å²) in [5.41, 5.74) is 9.58. The van der Waals surface area contributed by atoms with Crippen molar-refractivity contribution in [3.63, 3.8) is 0 Å². The van der Waals surface area contributed by atoms with Gasteiger partial charge in [-0.15, -0.1) is 0 Å². The lowest BCUT2D eigenvalue weighted by Gasteiger charge is -2.32. The van der Waals surface area contributed by atoms with Crippen LogP contribution in [0.25, 0.3) is 22.0 Å². The minimum atomic E-state index is 0.673.